The summed E-state index contributed by atoms with van der Waals surface area (Å²) >= 11 is 0. The van der Waals surface area contributed by atoms with E-state index in [1.54, 1.807) is 0 Å². The van der Waals surface area contributed by atoms with Gasteiger partial charge in [-0.05, 0) is 65.5 Å². The Hall–Kier alpha value is -2.41. The molecule has 1 heteroatoms. The summed E-state index contributed by atoms with van der Waals surface area (Å²) in [5.74, 6) is 0. The molecule has 2 aromatic carbocycles. The zero-order chi connectivity index (χ0) is 22.3. The van der Waals surface area contributed by atoms with Gasteiger partial charge >= 0.3 is 0 Å². The van der Waals surface area contributed by atoms with Crippen molar-refractivity contribution in [3.05, 3.63) is 78.0 Å². The van der Waals surface area contributed by atoms with E-state index in [0.717, 1.165) is 25.8 Å². The number of benzene rings is 2. The summed E-state index contributed by atoms with van der Waals surface area (Å²) in [5.41, 5.74) is 8.41. The van der Waals surface area contributed by atoms with E-state index in [4.69, 9.17) is 0 Å². The van der Waals surface area contributed by atoms with Crippen LogP contribution in [-0.4, -0.2) is 0 Å². The van der Waals surface area contributed by atoms with E-state index in [2.05, 4.69) is 106 Å². The highest BCUT2D eigenvalue weighted by molar-refractivity contribution is 5.74. The molecule has 0 saturated heterocycles. The number of hydrogen-bond acceptors (Lipinski definition) is 0. The Labute approximate surface area is 190 Å². The molecule has 1 heterocycles. The van der Waals surface area contributed by atoms with Crippen molar-refractivity contribution in [1.29, 1.82) is 0 Å². The van der Waals surface area contributed by atoms with Gasteiger partial charge in [0.25, 0.3) is 0 Å². The highest BCUT2D eigenvalue weighted by Gasteiger charge is 2.28. The van der Waals surface area contributed by atoms with Crippen LogP contribution >= 0.6 is 0 Å². The molecule has 0 radical (unpaired) electrons. The lowest BCUT2D eigenvalue weighted by Gasteiger charge is -2.29. The Morgan fingerprint density at radius 1 is 0.774 bits per heavy atom. The van der Waals surface area contributed by atoms with Crippen LogP contribution in [0.5, 0.6) is 0 Å². The van der Waals surface area contributed by atoms with Crippen molar-refractivity contribution >= 4 is 0 Å². The van der Waals surface area contributed by atoms with Crippen molar-refractivity contribution in [2.75, 3.05) is 0 Å². The Bertz CT molecular complexity index is 964. The number of unbranched alkanes of at least 4 members (excludes halogenated alkanes) is 1. The van der Waals surface area contributed by atoms with Gasteiger partial charge in [0.1, 0.15) is 6.54 Å². The van der Waals surface area contributed by atoms with Gasteiger partial charge in [-0.3, -0.25) is 0 Å². The maximum absolute atomic E-state index is 2.43. The Kier molecular flexibility index (Phi) is 8.07. The van der Waals surface area contributed by atoms with Gasteiger partial charge in [-0.25, -0.2) is 0 Å². The van der Waals surface area contributed by atoms with Crippen molar-refractivity contribution < 1.29 is 4.57 Å². The summed E-state index contributed by atoms with van der Waals surface area (Å²) in [4.78, 5) is 0. The average Bonchev–Trinajstić information content (AvgIpc) is 2.83. The third-order valence-corrected chi connectivity index (χ3v) is 7.02. The predicted molar refractivity (Wildman–Crippen MR) is 134 cm³/mol. The molecular weight excluding hydrogens is 374 g/mol. The second kappa shape index (κ2) is 10.8. The van der Waals surface area contributed by atoms with Gasteiger partial charge in [-0.1, -0.05) is 77.4 Å². The van der Waals surface area contributed by atoms with Gasteiger partial charge in [0.2, 0.25) is 5.69 Å². The molecule has 0 spiro atoms. The summed E-state index contributed by atoms with van der Waals surface area (Å²) < 4.78 is 2.42. The van der Waals surface area contributed by atoms with Crippen LogP contribution in [0.25, 0.3) is 22.4 Å². The molecule has 3 aromatic rings. The highest BCUT2D eigenvalue weighted by Crippen LogP contribution is 2.39. The number of aromatic nitrogens is 1. The molecular formula is C30H40N+. The van der Waals surface area contributed by atoms with E-state index >= 15 is 0 Å². The monoisotopic (exact) mass is 414 g/mol. The van der Waals surface area contributed by atoms with Crippen molar-refractivity contribution in [3.63, 3.8) is 0 Å². The number of nitrogens with zero attached hydrogens (tertiary/aromatic N) is 1. The first-order valence-corrected chi connectivity index (χ1v) is 12.3. The van der Waals surface area contributed by atoms with E-state index in [1.807, 2.05) is 0 Å². The van der Waals surface area contributed by atoms with Crippen LogP contribution in [0.3, 0.4) is 0 Å². The lowest BCUT2D eigenvalue weighted by Crippen LogP contribution is -2.36. The second-order valence-electron chi connectivity index (χ2n) is 9.11. The lowest BCUT2D eigenvalue weighted by molar-refractivity contribution is -0.686. The SMILES string of the molecule is CCCCc1ccc(-c2ccc(C(C)(CC)CC)c(-c3cccc[n+]3CCC)c2)cc1. The minimum absolute atomic E-state index is 0.178. The van der Waals surface area contributed by atoms with Crippen LogP contribution in [0.15, 0.2) is 66.9 Å². The topological polar surface area (TPSA) is 3.88 Å². The third-order valence-electron chi connectivity index (χ3n) is 7.02. The average molecular weight is 415 g/mol. The van der Waals surface area contributed by atoms with Crippen molar-refractivity contribution in [2.45, 2.75) is 85.1 Å². The summed E-state index contributed by atoms with van der Waals surface area (Å²) in [6.45, 7) is 12.6. The number of pyridine rings is 1. The molecule has 31 heavy (non-hydrogen) atoms. The molecule has 164 valence electrons. The maximum Gasteiger partial charge on any atom is 0.212 e. The fraction of sp³-hybridized carbons (Fsp3) is 0.433. The molecule has 1 aromatic heterocycles. The standard InChI is InChI=1S/C30H40N/c1-6-10-13-24-15-17-25(18-16-24)26-19-20-28(30(5,8-3)9-4)27(23-26)29-14-11-12-22-31(29)21-7-2/h11-12,14-20,22-23H,6-10,13,21H2,1-5H3/q+1. The summed E-state index contributed by atoms with van der Waals surface area (Å²) in [6.07, 6.45) is 9.32. The first-order valence-electron chi connectivity index (χ1n) is 12.3. The number of aryl methyl sites for hydroxylation is 2. The van der Waals surface area contributed by atoms with E-state index in [-0.39, 0.29) is 5.41 Å². The fourth-order valence-corrected chi connectivity index (χ4v) is 4.49. The second-order valence-corrected chi connectivity index (χ2v) is 9.11. The normalized spacial score (nSPS) is 11.6. The summed E-state index contributed by atoms with van der Waals surface area (Å²) in [7, 11) is 0. The van der Waals surface area contributed by atoms with Crippen LogP contribution in [0.1, 0.15) is 77.8 Å². The first kappa shape index (κ1) is 23.3. The molecule has 0 atom stereocenters. The van der Waals surface area contributed by atoms with E-state index in [9.17, 15) is 0 Å². The molecule has 0 fully saturated rings. The van der Waals surface area contributed by atoms with Crippen molar-refractivity contribution in [2.24, 2.45) is 0 Å². The van der Waals surface area contributed by atoms with Crippen molar-refractivity contribution in [1.82, 2.24) is 0 Å². The Morgan fingerprint density at radius 3 is 2.13 bits per heavy atom. The minimum Gasteiger partial charge on any atom is -0.198 e. The van der Waals surface area contributed by atoms with Gasteiger partial charge in [0.05, 0.1) is 5.56 Å². The Balaban J connectivity index is 2.12. The number of rotatable bonds is 10. The molecule has 0 aliphatic rings. The molecule has 0 bridgehead atoms. The predicted octanol–water partition coefficient (Wildman–Crippen LogP) is 8.14. The quantitative estimate of drug-likeness (QED) is 0.295. The van der Waals surface area contributed by atoms with Gasteiger partial charge < -0.3 is 0 Å². The summed E-state index contributed by atoms with van der Waals surface area (Å²) in [6, 6.07) is 23.0. The van der Waals surface area contributed by atoms with Crippen LogP contribution in [0.2, 0.25) is 0 Å². The van der Waals surface area contributed by atoms with Gasteiger partial charge in [-0.15, -0.1) is 0 Å². The molecule has 0 aliphatic heterocycles. The van der Waals surface area contributed by atoms with Crippen molar-refractivity contribution in [3.8, 4) is 22.4 Å². The maximum atomic E-state index is 2.43. The van der Waals surface area contributed by atoms with E-state index in [0.29, 0.717) is 0 Å². The van der Waals surface area contributed by atoms with Gasteiger partial charge in [0.15, 0.2) is 6.20 Å². The van der Waals surface area contributed by atoms with Crippen LogP contribution in [-0.2, 0) is 18.4 Å². The molecule has 0 N–H and O–H groups in total. The molecule has 3 rings (SSSR count). The molecule has 0 aliphatic carbocycles. The van der Waals surface area contributed by atoms with E-state index < -0.39 is 0 Å². The molecule has 0 unspecified atom stereocenters. The zero-order valence-electron chi connectivity index (χ0n) is 20.2. The van der Waals surface area contributed by atoms with Gasteiger partial charge in [-0.2, -0.15) is 4.57 Å². The smallest absolute Gasteiger partial charge is 0.198 e. The number of hydrogen-bond donors (Lipinski definition) is 0. The Morgan fingerprint density at radius 2 is 1.48 bits per heavy atom. The molecule has 0 saturated carbocycles. The zero-order valence-corrected chi connectivity index (χ0v) is 20.2. The lowest BCUT2D eigenvalue weighted by atomic mass is 9.74. The summed E-state index contributed by atoms with van der Waals surface area (Å²) in [5, 5.41) is 0. The molecule has 0 amide bonds. The highest BCUT2D eigenvalue weighted by atomic mass is 14.9. The van der Waals surface area contributed by atoms with Gasteiger partial charge in [0, 0.05) is 18.6 Å². The van der Waals surface area contributed by atoms with Crippen LogP contribution < -0.4 is 4.57 Å². The third kappa shape index (κ3) is 5.26. The minimum atomic E-state index is 0.178. The molecule has 1 nitrogen and oxygen atoms in total. The largest absolute Gasteiger partial charge is 0.212 e. The van der Waals surface area contributed by atoms with E-state index in [1.165, 1.54) is 52.8 Å². The fourth-order valence-electron chi connectivity index (χ4n) is 4.49. The van der Waals surface area contributed by atoms with Crippen LogP contribution in [0.4, 0.5) is 0 Å². The first-order chi connectivity index (χ1) is 15.1. The van der Waals surface area contributed by atoms with Crippen LogP contribution in [0, 0.1) is 0 Å².